The predicted octanol–water partition coefficient (Wildman–Crippen LogP) is 1.02. The highest BCUT2D eigenvalue weighted by Crippen LogP contribution is 2.27. The Morgan fingerprint density at radius 2 is 2.14 bits per heavy atom. The molecule has 0 aromatic heterocycles. The average Bonchev–Trinajstić information content (AvgIpc) is 2.61. The second-order valence-corrected chi connectivity index (χ2v) is 4.49. The Kier molecular flexibility index (Phi) is 2.77. The van der Waals surface area contributed by atoms with Crippen LogP contribution in [0.3, 0.4) is 0 Å². The van der Waals surface area contributed by atoms with E-state index in [1.807, 2.05) is 6.07 Å². The Morgan fingerprint density at radius 3 is 2.93 bits per heavy atom. The maximum Gasteiger partial charge on any atom is 0.0517 e. The quantitative estimate of drug-likeness (QED) is 0.695. The molecule has 0 amide bonds. The van der Waals surface area contributed by atoms with Gasteiger partial charge < -0.3 is 9.90 Å². The van der Waals surface area contributed by atoms with Gasteiger partial charge in [-0.25, -0.2) is 0 Å². The maximum absolute atomic E-state index is 10.3. The van der Waals surface area contributed by atoms with E-state index in [4.69, 9.17) is 0 Å². The molecule has 2 nitrogen and oxygen atoms in total. The number of benzene rings is 1. The molecule has 1 aromatic rings. The summed E-state index contributed by atoms with van der Waals surface area (Å²) in [7, 11) is 0. The molecule has 1 aromatic carbocycles. The second kappa shape index (κ2) is 4.05. The van der Waals surface area contributed by atoms with Crippen LogP contribution in [0.5, 0.6) is 0 Å². The predicted molar refractivity (Wildman–Crippen MR) is 54.2 cm³/mol. The van der Waals surface area contributed by atoms with Crippen LogP contribution in [0.1, 0.15) is 17.5 Å². The Morgan fingerprint density at radius 1 is 1.36 bits per heavy atom. The summed E-state index contributed by atoms with van der Waals surface area (Å²) in [6, 6.07) is 6.22. The molecule has 0 saturated heterocycles. The van der Waals surface area contributed by atoms with Crippen molar-refractivity contribution in [3.63, 3.8) is 0 Å². The Labute approximate surface area is 87.3 Å². The zero-order chi connectivity index (χ0) is 9.97. The fourth-order valence-corrected chi connectivity index (χ4v) is 2.45. The first kappa shape index (κ1) is 9.59. The minimum atomic E-state index is -1.00. The van der Waals surface area contributed by atoms with E-state index < -0.39 is 5.97 Å². The minimum absolute atomic E-state index is 0.0405. The first-order chi connectivity index (χ1) is 6.75. The minimum Gasteiger partial charge on any atom is -0.549 e. The number of aryl methyl sites for hydroxylation is 2. The van der Waals surface area contributed by atoms with Gasteiger partial charge in [-0.05, 0) is 42.5 Å². The van der Waals surface area contributed by atoms with Crippen molar-refractivity contribution >= 4 is 17.7 Å². The van der Waals surface area contributed by atoms with Crippen molar-refractivity contribution in [1.82, 2.24) is 0 Å². The zero-order valence-corrected chi connectivity index (χ0v) is 8.60. The van der Waals surface area contributed by atoms with Crippen molar-refractivity contribution in [2.24, 2.45) is 0 Å². The van der Waals surface area contributed by atoms with Gasteiger partial charge in [0.1, 0.15) is 0 Å². The number of carboxylic acid groups (broad SMARTS) is 1. The lowest BCUT2D eigenvalue weighted by molar-refractivity contribution is -0.301. The van der Waals surface area contributed by atoms with Crippen LogP contribution in [0.4, 0.5) is 0 Å². The molecule has 74 valence electrons. The maximum atomic E-state index is 10.3. The van der Waals surface area contributed by atoms with Crippen LogP contribution in [0.25, 0.3) is 0 Å². The van der Waals surface area contributed by atoms with E-state index in [-0.39, 0.29) is 5.75 Å². The smallest absolute Gasteiger partial charge is 0.0517 e. The normalized spacial score (nSPS) is 14.0. The molecule has 0 N–H and O–H groups in total. The van der Waals surface area contributed by atoms with Crippen LogP contribution in [0, 0.1) is 0 Å². The summed E-state index contributed by atoms with van der Waals surface area (Å²) in [5.41, 5.74) is 2.80. The molecule has 0 atom stereocenters. The number of carboxylic acids is 1. The molecular weight excluding hydrogens is 196 g/mol. The van der Waals surface area contributed by atoms with Gasteiger partial charge >= 0.3 is 0 Å². The lowest BCUT2D eigenvalue weighted by atomic mass is 10.1. The lowest BCUT2D eigenvalue weighted by Crippen LogP contribution is -2.24. The van der Waals surface area contributed by atoms with Gasteiger partial charge in [0, 0.05) is 10.6 Å². The second-order valence-electron chi connectivity index (χ2n) is 3.44. The molecule has 0 radical (unpaired) electrons. The van der Waals surface area contributed by atoms with Crippen LogP contribution >= 0.6 is 11.8 Å². The molecule has 0 aliphatic heterocycles. The van der Waals surface area contributed by atoms with Crippen molar-refractivity contribution in [3.05, 3.63) is 29.3 Å². The van der Waals surface area contributed by atoms with Gasteiger partial charge in [0.2, 0.25) is 0 Å². The molecule has 0 fully saturated rings. The van der Waals surface area contributed by atoms with E-state index in [0.29, 0.717) is 0 Å². The zero-order valence-electron chi connectivity index (χ0n) is 7.79. The number of carbonyl (C=O) groups excluding carboxylic acids is 1. The highest BCUT2D eigenvalue weighted by molar-refractivity contribution is 8.00. The molecule has 1 aliphatic carbocycles. The molecule has 1 aliphatic rings. The van der Waals surface area contributed by atoms with Gasteiger partial charge in [-0.15, -0.1) is 11.8 Å². The van der Waals surface area contributed by atoms with E-state index in [2.05, 4.69) is 12.1 Å². The molecule has 14 heavy (non-hydrogen) atoms. The lowest BCUT2D eigenvalue weighted by Gasteiger charge is -2.05. The van der Waals surface area contributed by atoms with Crippen molar-refractivity contribution in [2.75, 3.05) is 5.75 Å². The van der Waals surface area contributed by atoms with Crippen LogP contribution in [0.15, 0.2) is 23.1 Å². The Hall–Kier alpha value is -0.960. The molecule has 0 spiro atoms. The van der Waals surface area contributed by atoms with Crippen LogP contribution in [-0.2, 0) is 17.6 Å². The first-order valence-corrected chi connectivity index (χ1v) is 5.69. The average molecular weight is 207 g/mol. The fraction of sp³-hybridized carbons (Fsp3) is 0.364. The van der Waals surface area contributed by atoms with Crippen LogP contribution in [-0.4, -0.2) is 11.7 Å². The summed E-state index contributed by atoms with van der Waals surface area (Å²) >= 11 is 1.33. The van der Waals surface area contributed by atoms with Crippen molar-refractivity contribution in [1.29, 1.82) is 0 Å². The van der Waals surface area contributed by atoms with Crippen molar-refractivity contribution in [2.45, 2.75) is 24.2 Å². The van der Waals surface area contributed by atoms with Crippen molar-refractivity contribution < 1.29 is 9.90 Å². The van der Waals surface area contributed by atoms with E-state index in [9.17, 15) is 9.90 Å². The highest BCUT2D eigenvalue weighted by atomic mass is 32.2. The fourth-order valence-electron chi connectivity index (χ4n) is 1.78. The SMILES string of the molecule is O=C([O-])CSc1ccc2c(c1)CCC2. The number of thioether (sulfide) groups is 1. The molecule has 0 saturated carbocycles. The molecule has 0 bridgehead atoms. The van der Waals surface area contributed by atoms with Crippen LogP contribution < -0.4 is 5.11 Å². The van der Waals surface area contributed by atoms with Gasteiger partial charge in [0.25, 0.3) is 0 Å². The van der Waals surface area contributed by atoms with Gasteiger partial charge in [0.15, 0.2) is 0 Å². The first-order valence-electron chi connectivity index (χ1n) is 4.70. The van der Waals surface area contributed by atoms with Crippen molar-refractivity contribution in [3.8, 4) is 0 Å². The topological polar surface area (TPSA) is 40.1 Å². The number of hydrogen-bond donors (Lipinski definition) is 0. The number of aliphatic carboxylic acids is 1. The molecule has 2 rings (SSSR count). The van der Waals surface area contributed by atoms with Gasteiger partial charge in [0.05, 0.1) is 5.97 Å². The summed E-state index contributed by atoms with van der Waals surface area (Å²) in [5, 5.41) is 10.3. The van der Waals surface area contributed by atoms with Gasteiger partial charge in [-0.2, -0.15) is 0 Å². The van der Waals surface area contributed by atoms with Crippen LogP contribution in [0.2, 0.25) is 0 Å². The van der Waals surface area contributed by atoms with E-state index in [1.165, 1.54) is 35.7 Å². The van der Waals surface area contributed by atoms with Gasteiger partial charge in [-0.1, -0.05) is 6.07 Å². The summed E-state index contributed by atoms with van der Waals surface area (Å²) in [6.45, 7) is 0. The van der Waals surface area contributed by atoms with E-state index in [0.717, 1.165) is 11.3 Å². The summed E-state index contributed by atoms with van der Waals surface area (Å²) < 4.78 is 0. The Bertz CT molecular complexity index is 360. The summed E-state index contributed by atoms with van der Waals surface area (Å²) in [4.78, 5) is 11.3. The molecular formula is C11H11O2S-. The number of carbonyl (C=O) groups is 1. The number of hydrogen-bond acceptors (Lipinski definition) is 3. The third-order valence-corrected chi connectivity index (χ3v) is 3.39. The highest BCUT2D eigenvalue weighted by Gasteiger charge is 2.10. The Balaban J connectivity index is 2.09. The molecule has 0 heterocycles. The summed E-state index contributed by atoms with van der Waals surface area (Å²) in [6.07, 6.45) is 3.53. The summed E-state index contributed by atoms with van der Waals surface area (Å²) in [5.74, 6) is -0.964. The molecule has 0 unspecified atom stereocenters. The monoisotopic (exact) mass is 207 g/mol. The largest absolute Gasteiger partial charge is 0.549 e. The standard InChI is InChI=1S/C11H12O2S/c12-11(13)7-14-10-5-4-8-2-1-3-9(8)6-10/h4-6H,1-3,7H2,(H,12,13)/p-1. The number of rotatable bonds is 3. The van der Waals surface area contributed by atoms with E-state index in [1.54, 1.807) is 0 Å². The molecule has 3 heteroatoms. The number of fused-ring (bicyclic) bond motifs is 1. The van der Waals surface area contributed by atoms with E-state index >= 15 is 0 Å². The third-order valence-electron chi connectivity index (χ3n) is 2.43. The van der Waals surface area contributed by atoms with Gasteiger partial charge in [-0.3, -0.25) is 0 Å². The third kappa shape index (κ3) is 2.10.